The minimum Gasteiger partial charge on any atom is -0.393 e. The van der Waals surface area contributed by atoms with Crippen molar-refractivity contribution >= 4 is 0 Å². The van der Waals surface area contributed by atoms with Gasteiger partial charge in [-0.2, -0.15) is 0 Å². The topological polar surface area (TPSA) is 40.5 Å². The molecule has 0 bridgehead atoms. The van der Waals surface area contributed by atoms with E-state index in [1.807, 2.05) is 0 Å². The molecule has 4 aliphatic carbocycles. The molecule has 0 aromatic rings. The molecule has 4 aliphatic rings. The fourth-order valence-corrected chi connectivity index (χ4v) is 9.34. The third kappa shape index (κ3) is 3.86. The quantitative estimate of drug-likeness (QED) is 0.446. The Morgan fingerprint density at radius 2 is 1.71 bits per heavy atom. The number of aliphatic hydroxyl groups is 2. The molecule has 0 radical (unpaired) electrons. The monoisotopic (exact) mass is 430 g/mol. The Kier molecular flexibility index (Phi) is 6.75. The Bertz CT molecular complexity index is 668. The maximum atomic E-state index is 11.4. The lowest BCUT2D eigenvalue weighted by Gasteiger charge is -2.59. The van der Waals surface area contributed by atoms with Gasteiger partial charge in [-0.25, -0.2) is 0 Å². The first-order valence-corrected chi connectivity index (χ1v) is 13.7. The molecule has 31 heavy (non-hydrogen) atoms. The minimum absolute atomic E-state index is 0.111. The van der Waals surface area contributed by atoms with Crippen LogP contribution in [0.5, 0.6) is 0 Å². The third-order valence-electron chi connectivity index (χ3n) is 11.0. The zero-order valence-corrected chi connectivity index (χ0v) is 21.2. The number of aliphatic hydroxyl groups excluding tert-OH is 2. The Balaban J connectivity index is 1.57. The van der Waals surface area contributed by atoms with Crippen LogP contribution in [0.2, 0.25) is 0 Å². The van der Waals surface area contributed by atoms with Gasteiger partial charge in [0.05, 0.1) is 12.2 Å². The first-order valence-electron chi connectivity index (χ1n) is 13.7. The van der Waals surface area contributed by atoms with Crippen molar-refractivity contribution in [2.24, 2.45) is 52.3 Å². The molecule has 2 heteroatoms. The molecule has 0 unspecified atom stereocenters. The molecule has 4 rings (SSSR count). The van der Waals surface area contributed by atoms with Crippen molar-refractivity contribution in [3.63, 3.8) is 0 Å². The molecule has 0 spiro atoms. The van der Waals surface area contributed by atoms with Gasteiger partial charge in [0.1, 0.15) is 0 Å². The predicted octanol–water partition coefficient (Wildman–Crippen LogP) is 7.00. The maximum Gasteiger partial charge on any atom is 0.0613 e. The summed E-state index contributed by atoms with van der Waals surface area (Å²) < 4.78 is 0. The normalized spacial score (nSPS) is 48.0. The van der Waals surface area contributed by atoms with Gasteiger partial charge in [-0.1, -0.05) is 78.9 Å². The molecule has 2 N–H and O–H groups in total. The summed E-state index contributed by atoms with van der Waals surface area (Å²) >= 11 is 0. The van der Waals surface area contributed by atoms with Gasteiger partial charge >= 0.3 is 0 Å². The summed E-state index contributed by atoms with van der Waals surface area (Å²) in [6.07, 6.45) is 14.2. The van der Waals surface area contributed by atoms with Crippen molar-refractivity contribution < 1.29 is 10.2 Å². The Morgan fingerprint density at radius 3 is 2.39 bits per heavy atom. The summed E-state index contributed by atoms with van der Waals surface area (Å²) in [6, 6.07) is 0. The van der Waals surface area contributed by atoms with Gasteiger partial charge in [-0.3, -0.25) is 0 Å². The van der Waals surface area contributed by atoms with Crippen LogP contribution in [0.3, 0.4) is 0 Å². The molecular weight excluding hydrogens is 380 g/mol. The van der Waals surface area contributed by atoms with Crippen LogP contribution >= 0.6 is 0 Å². The fraction of sp³-hybridized carbons (Fsp3) is 0.931. The molecule has 0 heterocycles. The van der Waals surface area contributed by atoms with Crippen LogP contribution in [-0.2, 0) is 0 Å². The van der Waals surface area contributed by atoms with Crippen molar-refractivity contribution in [2.75, 3.05) is 0 Å². The van der Waals surface area contributed by atoms with E-state index in [1.165, 1.54) is 32.1 Å². The fourth-order valence-electron chi connectivity index (χ4n) is 9.34. The lowest BCUT2D eigenvalue weighted by Crippen LogP contribution is -2.53. The molecule has 178 valence electrons. The number of hydrogen-bond donors (Lipinski definition) is 2. The second-order valence-corrected chi connectivity index (χ2v) is 13.0. The predicted molar refractivity (Wildman–Crippen MR) is 130 cm³/mol. The second-order valence-electron chi connectivity index (χ2n) is 13.0. The SMILES string of the molecule is CC[C@@H]1[C@@H](O)CC[C@]2(C)[C@H]3CC[C@]4(C)[C@@H]([C@H](C)CCCC(C)C)C[C@H](O)[C@H]4C3=CC[C@@H]12. The largest absolute Gasteiger partial charge is 0.393 e. The first kappa shape index (κ1) is 23.8. The molecule has 0 aromatic heterocycles. The van der Waals surface area contributed by atoms with Gasteiger partial charge in [0.15, 0.2) is 0 Å². The Morgan fingerprint density at radius 1 is 1.00 bits per heavy atom. The Labute approximate surface area is 192 Å². The summed E-state index contributed by atoms with van der Waals surface area (Å²) in [5.41, 5.74) is 2.20. The lowest BCUT2D eigenvalue weighted by atomic mass is 9.45. The molecular formula is C29H50O2. The maximum absolute atomic E-state index is 11.4. The van der Waals surface area contributed by atoms with E-state index in [9.17, 15) is 10.2 Å². The number of rotatable bonds is 6. The molecule has 0 aromatic carbocycles. The van der Waals surface area contributed by atoms with Gasteiger partial charge in [-0.15, -0.1) is 0 Å². The van der Waals surface area contributed by atoms with Crippen LogP contribution in [0.4, 0.5) is 0 Å². The molecule has 0 aliphatic heterocycles. The highest BCUT2D eigenvalue weighted by Gasteiger charge is 2.61. The van der Waals surface area contributed by atoms with E-state index in [-0.39, 0.29) is 17.6 Å². The van der Waals surface area contributed by atoms with Crippen LogP contribution < -0.4 is 0 Å². The molecule has 2 nitrogen and oxygen atoms in total. The number of allylic oxidation sites excluding steroid dienone is 1. The summed E-state index contributed by atoms with van der Waals surface area (Å²) in [4.78, 5) is 0. The van der Waals surface area contributed by atoms with Gasteiger partial charge in [0, 0.05) is 5.92 Å². The zero-order chi connectivity index (χ0) is 22.6. The van der Waals surface area contributed by atoms with Crippen molar-refractivity contribution in [1.29, 1.82) is 0 Å². The van der Waals surface area contributed by atoms with Gasteiger partial charge < -0.3 is 10.2 Å². The van der Waals surface area contributed by atoms with E-state index in [0.29, 0.717) is 40.9 Å². The van der Waals surface area contributed by atoms with Crippen LogP contribution in [0.25, 0.3) is 0 Å². The van der Waals surface area contributed by atoms with E-state index in [0.717, 1.165) is 38.0 Å². The second kappa shape index (κ2) is 8.79. The van der Waals surface area contributed by atoms with Gasteiger partial charge in [0.2, 0.25) is 0 Å². The molecule has 3 fully saturated rings. The average molecular weight is 431 g/mol. The standard InChI is InChI=1S/C29H50O2/c1-7-20-22-12-11-21-23(28(22,5)16-14-25(20)30)13-15-29(6)24(17-26(31)27(21)29)19(4)10-8-9-18(2)3/h11,18-20,22-27,30-31H,7-10,12-17H2,1-6H3/t19-,20+,22+,23+,24-,25+,26+,27-,28+,29-/m1/s1. The third-order valence-corrected chi connectivity index (χ3v) is 11.0. The van der Waals surface area contributed by atoms with Crippen LogP contribution in [-0.4, -0.2) is 22.4 Å². The molecule has 0 amide bonds. The summed E-state index contributed by atoms with van der Waals surface area (Å²) in [7, 11) is 0. The number of hydrogen-bond acceptors (Lipinski definition) is 2. The molecule has 0 saturated heterocycles. The van der Waals surface area contributed by atoms with Crippen molar-refractivity contribution in [3.8, 4) is 0 Å². The molecule has 3 saturated carbocycles. The van der Waals surface area contributed by atoms with Crippen molar-refractivity contribution in [3.05, 3.63) is 11.6 Å². The minimum atomic E-state index is -0.159. The summed E-state index contributed by atoms with van der Waals surface area (Å²) in [5, 5.41) is 22.1. The Hall–Kier alpha value is -0.340. The van der Waals surface area contributed by atoms with E-state index in [2.05, 4.69) is 47.6 Å². The zero-order valence-electron chi connectivity index (χ0n) is 21.2. The highest BCUT2D eigenvalue weighted by molar-refractivity contribution is 5.29. The van der Waals surface area contributed by atoms with Gasteiger partial charge in [0.25, 0.3) is 0 Å². The van der Waals surface area contributed by atoms with Crippen LogP contribution in [0.1, 0.15) is 106 Å². The number of fused-ring (bicyclic) bond motifs is 5. The van der Waals surface area contributed by atoms with E-state index >= 15 is 0 Å². The highest BCUT2D eigenvalue weighted by Crippen LogP contribution is 2.67. The van der Waals surface area contributed by atoms with E-state index in [4.69, 9.17) is 0 Å². The van der Waals surface area contributed by atoms with E-state index in [1.54, 1.807) is 5.57 Å². The average Bonchev–Trinajstić information content (AvgIpc) is 2.99. The molecule has 10 atom stereocenters. The first-order chi connectivity index (χ1) is 14.6. The summed E-state index contributed by atoms with van der Waals surface area (Å²) in [5.74, 6) is 4.22. The van der Waals surface area contributed by atoms with Crippen molar-refractivity contribution in [2.45, 2.75) is 118 Å². The smallest absolute Gasteiger partial charge is 0.0613 e. The summed E-state index contributed by atoms with van der Waals surface area (Å²) in [6.45, 7) is 14.5. The lowest BCUT2D eigenvalue weighted by molar-refractivity contribution is -0.0879. The van der Waals surface area contributed by atoms with Crippen molar-refractivity contribution in [1.82, 2.24) is 0 Å². The highest BCUT2D eigenvalue weighted by atomic mass is 16.3. The van der Waals surface area contributed by atoms with E-state index < -0.39 is 0 Å². The van der Waals surface area contributed by atoms with Gasteiger partial charge in [-0.05, 0) is 84.9 Å². The van der Waals surface area contributed by atoms with Crippen LogP contribution in [0, 0.1) is 52.3 Å². The van der Waals surface area contributed by atoms with Crippen LogP contribution in [0.15, 0.2) is 11.6 Å².